The standard InChI is InChI=1S/C17H18F2N4O/c18-13-7-6-12(10-14(13)19)21-16(24)15-8-9-20-17(23-15)22-11-4-2-1-3-5-11/h6-11H,1-5H2,(H,21,24)(H,20,22,23). The van der Waals surface area contributed by atoms with E-state index in [0.29, 0.717) is 12.0 Å². The van der Waals surface area contributed by atoms with Crippen molar-refractivity contribution in [2.75, 3.05) is 10.6 Å². The Morgan fingerprint density at radius 3 is 2.62 bits per heavy atom. The molecule has 3 rings (SSSR count). The first-order chi connectivity index (χ1) is 11.6. The van der Waals surface area contributed by atoms with E-state index in [-0.39, 0.29) is 11.4 Å². The topological polar surface area (TPSA) is 66.9 Å². The second-order valence-corrected chi connectivity index (χ2v) is 5.83. The predicted molar refractivity (Wildman–Crippen MR) is 86.8 cm³/mol. The maximum Gasteiger partial charge on any atom is 0.274 e. The van der Waals surface area contributed by atoms with E-state index in [0.717, 1.165) is 25.0 Å². The molecular formula is C17H18F2N4O. The first-order valence-electron chi connectivity index (χ1n) is 7.98. The number of aromatic nitrogens is 2. The molecule has 2 N–H and O–H groups in total. The third kappa shape index (κ3) is 4.04. The van der Waals surface area contributed by atoms with Crippen molar-refractivity contribution < 1.29 is 13.6 Å². The highest BCUT2D eigenvalue weighted by atomic mass is 19.2. The summed E-state index contributed by atoms with van der Waals surface area (Å²) in [6, 6.07) is 4.97. The molecule has 1 amide bonds. The molecule has 1 aliphatic rings. The summed E-state index contributed by atoms with van der Waals surface area (Å²) in [5.74, 6) is -2.08. The summed E-state index contributed by atoms with van der Waals surface area (Å²) in [6.07, 6.45) is 7.22. The number of rotatable bonds is 4. The summed E-state index contributed by atoms with van der Waals surface area (Å²) in [5, 5.41) is 5.74. The van der Waals surface area contributed by atoms with Crippen molar-refractivity contribution in [2.45, 2.75) is 38.1 Å². The molecule has 0 unspecified atom stereocenters. The molecule has 1 aromatic carbocycles. The monoisotopic (exact) mass is 332 g/mol. The SMILES string of the molecule is O=C(Nc1ccc(F)c(F)c1)c1ccnc(NC2CCCCC2)n1. The van der Waals surface area contributed by atoms with Crippen molar-refractivity contribution in [2.24, 2.45) is 0 Å². The lowest BCUT2D eigenvalue weighted by Crippen LogP contribution is -2.24. The van der Waals surface area contributed by atoms with Crippen LogP contribution in [-0.2, 0) is 0 Å². The Hall–Kier alpha value is -2.57. The van der Waals surface area contributed by atoms with Gasteiger partial charge in [-0.1, -0.05) is 19.3 Å². The number of hydrogen-bond donors (Lipinski definition) is 2. The van der Waals surface area contributed by atoms with E-state index in [4.69, 9.17) is 0 Å². The van der Waals surface area contributed by atoms with E-state index in [1.54, 1.807) is 0 Å². The highest BCUT2D eigenvalue weighted by Gasteiger charge is 2.15. The van der Waals surface area contributed by atoms with Crippen molar-refractivity contribution in [1.82, 2.24) is 9.97 Å². The normalized spacial score (nSPS) is 15.1. The molecular weight excluding hydrogens is 314 g/mol. The van der Waals surface area contributed by atoms with Crippen LogP contribution in [0.2, 0.25) is 0 Å². The molecule has 0 aliphatic heterocycles. The van der Waals surface area contributed by atoms with Crippen molar-refractivity contribution in [3.05, 3.63) is 47.8 Å². The van der Waals surface area contributed by atoms with Gasteiger partial charge in [0.05, 0.1) is 0 Å². The van der Waals surface area contributed by atoms with Crippen LogP contribution in [0.3, 0.4) is 0 Å². The maximum atomic E-state index is 13.2. The summed E-state index contributed by atoms with van der Waals surface area (Å²) < 4.78 is 26.1. The smallest absolute Gasteiger partial charge is 0.274 e. The molecule has 7 heteroatoms. The van der Waals surface area contributed by atoms with Gasteiger partial charge in [-0.15, -0.1) is 0 Å². The zero-order valence-electron chi connectivity index (χ0n) is 13.1. The Balaban J connectivity index is 1.68. The Morgan fingerprint density at radius 2 is 1.88 bits per heavy atom. The predicted octanol–water partition coefficient (Wildman–Crippen LogP) is 3.75. The Morgan fingerprint density at radius 1 is 1.08 bits per heavy atom. The lowest BCUT2D eigenvalue weighted by atomic mass is 9.96. The quantitative estimate of drug-likeness (QED) is 0.895. The first kappa shape index (κ1) is 16.3. The highest BCUT2D eigenvalue weighted by molar-refractivity contribution is 6.02. The highest BCUT2D eigenvalue weighted by Crippen LogP contribution is 2.20. The minimum atomic E-state index is -1.02. The van der Waals surface area contributed by atoms with Gasteiger partial charge in [-0.3, -0.25) is 4.79 Å². The van der Waals surface area contributed by atoms with Crippen molar-refractivity contribution in [3.8, 4) is 0 Å². The van der Waals surface area contributed by atoms with Crippen LogP contribution < -0.4 is 10.6 Å². The van der Waals surface area contributed by atoms with Gasteiger partial charge in [-0.25, -0.2) is 18.7 Å². The second-order valence-electron chi connectivity index (χ2n) is 5.83. The molecule has 1 saturated carbocycles. The number of halogens is 2. The van der Waals surface area contributed by atoms with Gasteiger partial charge < -0.3 is 10.6 Å². The van der Waals surface area contributed by atoms with Gasteiger partial charge in [0.2, 0.25) is 5.95 Å². The van der Waals surface area contributed by atoms with Crippen molar-refractivity contribution in [1.29, 1.82) is 0 Å². The summed E-state index contributed by atoms with van der Waals surface area (Å²) in [7, 11) is 0. The summed E-state index contributed by atoms with van der Waals surface area (Å²) in [5.41, 5.74) is 0.326. The van der Waals surface area contributed by atoms with Gasteiger partial charge in [0.25, 0.3) is 5.91 Å². The van der Waals surface area contributed by atoms with E-state index in [1.165, 1.54) is 37.6 Å². The molecule has 1 heterocycles. The fraction of sp³-hybridized carbons (Fsp3) is 0.353. The largest absolute Gasteiger partial charge is 0.351 e. The molecule has 0 saturated heterocycles. The Labute approximate surface area is 138 Å². The van der Waals surface area contributed by atoms with Crippen LogP contribution in [-0.4, -0.2) is 21.9 Å². The molecule has 1 aromatic heterocycles. The summed E-state index contributed by atoms with van der Waals surface area (Å²) >= 11 is 0. The number of nitrogens with zero attached hydrogens (tertiary/aromatic N) is 2. The fourth-order valence-corrected chi connectivity index (χ4v) is 2.75. The number of hydrogen-bond acceptors (Lipinski definition) is 4. The summed E-state index contributed by atoms with van der Waals surface area (Å²) in [4.78, 5) is 20.5. The molecule has 0 atom stereocenters. The molecule has 2 aromatic rings. The van der Waals surface area contributed by atoms with E-state index < -0.39 is 17.5 Å². The molecule has 0 bridgehead atoms. The average Bonchev–Trinajstić information content (AvgIpc) is 2.59. The average molecular weight is 332 g/mol. The zero-order valence-corrected chi connectivity index (χ0v) is 13.1. The van der Waals surface area contributed by atoms with E-state index >= 15 is 0 Å². The van der Waals surface area contributed by atoms with Crippen LogP contribution in [0.1, 0.15) is 42.6 Å². The van der Waals surface area contributed by atoms with Crippen LogP contribution in [0.25, 0.3) is 0 Å². The van der Waals surface area contributed by atoms with Gasteiger partial charge in [0, 0.05) is 24.0 Å². The number of carbonyl (C=O) groups is 1. The van der Waals surface area contributed by atoms with Crippen LogP contribution in [0.4, 0.5) is 20.4 Å². The molecule has 5 nitrogen and oxygen atoms in total. The third-order valence-corrected chi connectivity index (χ3v) is 4.00. The van der Waals surface area contributed by atoms with Crippen LogP contribution in [0.15, 0.2) is 30.5 Å². The number of nitrogens with one attached hydrogen (secondary N) is 2. The van der Waals surface area contributed by atoms with E-state index in [9.17, 15) is 13.6 Å². The van der Waals surface area contributed by atoms with Gasteiger partial charge in [-0.2, -0.15) is 0 Å². The van der Waals surface area contributed by atoms with Gasteiger partial charge in [0.15, 0.2) is 11.6 Å². The van der Waals surface area contributed by atoms with Gasteiger partial charge in [-0.05, 0) is 31.0 Å². The zero-order chi connectivity index (χ0) is 16.9. The van der Waals surface area contributed by atoms with E-state index in [1.807, 2.05) is 0 Å². The number of amides is 1. The summed E-state index contributed by atoms with van der Waals surface area (Å²) in [6.45, 7) is 0. The van der Waals surface area contributed by atoms with Gasteiger partial charge in [0.1, 0.15) is 5.69 Å². The third-order valence-electron chi connectivity index (χ3n) is 4.00. The maximum absolute atomic E-state index is 13.2. The lowest BCUT2D eigenvalue weighted by Gasteiger charge is -2.22. The number of anilines is 2. The van der Waals surface area contributed by atoms with Crippen LogP contribution in [0.5, 0.6) is 0 Å². The second kappa shape index (κ2) is 7.33. The first-order valence-corrected chi connectivity index (χ1v) is 7.98. The number of carbonyl (C=O) groups excluding carboxylic acids is 1. The molecule has 126 valence electrons. The lowest BCUT2D eigenvalue weighted by molar-refractivity contribution is 0.102. The van der Waals surface area contributed by atoms with Gasteiger partial charge >= 0.3 is 0 Å². The molecule has 0 radical (unpaired) electrons. The molecule has 24 heavy (non-hydrogen) atoms. The number of benzene rings is 1. The minimum Gasteiger partial charge on any atom is -0.351 e. The van der Waals surface area contributed by atoms with E-state index in [2.05, 4.69) is 20.6 Å². The minimum absolute atomic E-state index is 0.160. The Bertz CT molecular complexity index is 732. The van der Waals surface area contributed by atoms with Crippen molar-refractivity contribution >= 4 is 17.5 Å². The molecule has 1 fully saturated rings. The van der Waals surface area contributed by atoms with Crippen molar-refractivity contribution in [3.63, 3.8) is 0 Å². The Kier molecular flexibility index (Phi) is 4.98. The molecule has 1 aliphatic carbocycles. The van der Waals surface area contributed by atoms with Crippen LogP contribution in [0, 0.1) is 11.6 Å². The fourth-order valence-electron chi connectivity index (χ4n) is 2.75. The van der Waals surface area contributed by atoms with Crippen LogP contribution >= 0.6 is 0 Å². The molecule has 0 spiro atoms.